The van der Waals surface area contributed by atoms with Crippen molar-refractivity contribution in [3.63, 3.8) is 0 Å². The largest absolute Gasteiger partial charge is 0.497 e. The smallest absolute Gasteiger partial charge is 0.166 e. The average molecular weight is 285 g/mol. The van der Waals surface area contributed by atoms with Gasteiger partial charge in [0.05, 0.1) is 20.3 Å². The summed E-state index contributed by atoms with van der Waals surface area (Å²) in [4.78, 5) is 0. The molecule has 2 aromatic carbocycles. The van der Waals surface area contributed by atoms with Gasteiger partial charge in [0.25, 0.3) is 0 Å². The van der Waals surface area contributed by atoms with Crippen LogP contribution in [-0.4, -0.2) is 20.3 Å². The highest BCUT2D eigenvalue weighted by Gasteiger charge is 2.14. The van der Waals surface area contributed by atoms with E-state index in [2.05, 4.69) is 11.4 Å². The molecule has 0 amide bonds. The monoisotopic (exact) mass is 285 g/mol. The van der Waals surface area contributed by atoms with E-state index in [0.717, 1.165) is 34.9 Å². The number of methoxy groups -OCH3 is 1. The van der Waals surface area contributed by atoms with Crippen LogP contribution in [0, 0.1) is 0 Å². The molecular formula is C17H19NO3. The molecule has 1 aliphatic rings. The lowest BCUT2D eigenvalue weighted by Gasteiger charge is -2.14. The second kappa shape index (κ2) is 6.39. The number of hydrogen-bond donors (Lipinski definition) is 1. The molecule has 110 valence electrons. The summed E-state index contributed by atoms with van der Waals surface area (Å²) in [6.07, 6.45) is 0.914. The van der Waals surface area contributed by atoms with Gasteiger partial charge in [-0.1, -0.05) is 18.2 Å². The van der Waals surface area contributed by atoms with Gasteiger partial charge in [-0.05, 0) is 18.2 Å². The maximum atomic E-state index is 5.82. The summed E-state index contributed by atoms with van der Waals surface area (Å²) in [5, 5.41) is 3.39. The zero-order valence-electron chi connectivity index (χ0n) is 12.1. The fraction of sp³-hybridized carbons (Fsp3) is 0.294. The van der Waals surface area contributed by atoms with Gasteiger partial charge < -0.3 is 19.5 Å². The van der Waals surface area contributed by atoms with Crippen LogP contribution in [0.5, 0.6) is 17.2 Å². The molecule has 0 radical (unpaired) electrons. The molecule has 1 N–H and O–H groups in total. The van der Waals surface area contributed by atoms with E-state index < -0.39 is 0 Å². The third-order valence-electron chi connectivity index (χ3n) is 3.41. The molecule has 21 heavy (non-hydrogen) atoms. The van der Waals surface area contributed by atoms with E-state index in [1.54, 1.807) is 7.11 Å². The Morgan fingerprint density at radius 2 is 1.95 bits per heavy atom. The number of rotatable bonds is 4. The zero-order chi connectivity index (χ0) is 14.5. The molecule has 0 fully saturated rings. The Kier molecular flexibility index (Phi) is 4.15. The minimum atomic E-state index is 0.680. The van der Waals surface area contributed by atoms with Gasteiger partial charge in [0, 0.05) is 30.3 Å². The number of nitrogens with one attached hydrogen (secondary N) is 1. The number of hydrogen-bond acceptors (Lipinski definition) is 4. The molecule has 0 atom stereocenters. The Morgan fingerprint density at radius 3 is 2.86 bits per heavy atom. The number of benzene rings is 2. The summed E-state index contributed by atoms with van der Waals surface area (Å²) in [5.41, 5.74) is 2.11. The average Bonchev–Trinajstić information content (AvgIpc) is 2.79. The number of anilines is 1. The fourth-order valence-electron chi connectivity index (χ4n) is 2.32. The third kappa shape index (κ3) is 3.21. The van der Waals surface area contributed by atoms with Gasteiger partial charge >= 0.3 is 0 Å². The molecule has 0 aliphatic carbocycles. The van der Waals surface area contributed by atoms with Crippen molar-refractivity contribution < 1.29 is 14.2 Å². The van der Waals surface area contributed by atoms with Crippen molar-refractivity contribution in [2.45, 2.75) is 13.0 Å². The molecule has 0 saturated carbocycles. The van der Waals surface area contributed by atoms with E-state index in [1.807, 2.05) is 36.4 Å². The van der Waals surface area contributed by atoms with Crippen LogP contribution in [-0.2, 0) is 6.54 Å². The summed E-state index contributed by atoms with van der Waals surface area (Å²) in [7, 11) is 1.67. The van der Waals surface area contributed by atoms with Crippen LogP contribution >= 0.6 is 0 Å². The van der Waals surface area contributed by atoms with Crippen LogP contribution in [0.2, 0.25) is 0 Å². The standard InChI is InChI=1S/C17H19NO3/c1-19-15-7-3-6-14(11-15)18-12-13-5-2-8-16-17(13)21-10-4-9-20-16/h2-3,5-8,11,18H,4,9-10,12H2,1H3. The molecular weight excluding hydrogens is 266 g/mol. The topological polar surface area (TPSA) is 39.7 Å². The van der Waals surface area contributed by atoms with Crippen molar-refractivity contribution in [3.8, 4) is 17.2 Å². The predicted molar refractivity (Wildman–Crippen MR) is 82.4 cm³/mol. The van der Waals surface area contributed by atoms with Crippen molar-refractivity contribution in [3.05, 3.63) is 48.0 Å². The second-order valence-electron chi connectivity index (χ2n) is 4.88. The molecule has 0 unspecified atom stereocenters. The van der Waals surface area contributed by atoms with Crippen molar-refractivity contribution in [2.75, 3.05) is 25.6 Å². The predicted octanol–water partition coefficient (Wildman–Crippen LogP) is 3.47. The molecule has 2 aromatic rings. The van der Waals surface area contributed by atoms with Crippen LogP contribution in [0.4, 0.5) is 5.69 Å². The SMILES string of the molecule is COc1cccc(NCc2cccc3c2OCCCO3)c1. The molecule has 1 aliphatic heterocycles. The molecule has 1 heterocycles. The Morgan fingerprint density at radius 1 is 1.10 bits per heavy atom. The minimum absolute atomic E-state index is 0.680. The first-order valence-corrected chi connectivity index (χ1v) is 7.12. The van der Waals surface area contributed by atoms with Crippen molar-refractivity contribution in [2.24, 2.45) is 0 Å². The van der Waals surface area contributed by atoms with E-state index in [0.29, 0.717) is 19.8 Å². The molecule has 4 nitrogen and oxygen atoms in total. The Labute approximate surface area is 124 Å². The summed E-state index contributed by atoms with van der Waals surface area (Å²) in [6.45, 7) is 2.09. The first kappa shape index (κ1) is 13.6. The van der Waals surface area contributed by atoms with Gasteiger partial charge in [0.1, 0.15) is 5.75 Å². The van der Waals surface area contributed by atoms with Crippen LogP contribution in [0.15, 0.2) is 42.5 Å². The quantitative estimate of drug-likeness (QED) is 0.933. The summed E-state index contributed by atoms with van der Waals surface area (Å²) < 4.78 is 16.8. The molecule has 4 heteroatoms. The molecule has 0 saturated heterocycles. The summed E-state index contributed by atoms with van der Waals surface area (Å²) in [6, 6.07) is 13.9. The fourth-order valence-corrected chi connectivity index (χ4v) is 2.32. The van der Waals surface area contributed by atoms with E-state index in [-0.39, 0.29) is 0 Å². The van der Waals surface area contributed by atoms with Crippen molar-refractivity contribution in [1.29, 1.82) is 0 Å². The van der Waals surface area contributed by atoms with Gasteiger partial charge in [0.15, 0.2) is 11.5 Å². The number of para-hydroxylation sites is 1. The van der Waals surface area contributed by atoms with Gasteiger partial charge in [0.2, 0.25) is 0 Å². The Balaban J connectivity index is 1.76. The highest BCUT2D eigenvalue weighted by molar-refractivity contribution is 5.52. The first-order valence-electron chi connectivity index (χ1n) is 7.12. The number of ether oxygens (including phenoxy) is 3. The Hall–Kier alpha value is -2.36. The minimum Gasteiger partial charge on any atom is -0.497 e. The zero-order valence-corrected chi connectivity index (χ0v) is 12.1. The Bertz CT molecular complexity index is 613. The lowest BCUT2D eigenvalue weighted by Crippen LogP contribution is -2.03. The van der Waals surface area contributed by atoms with Gasteiger partial charge in [-0.25, -0.2) is 0 Å². The van der Waals surface area contributed by atoms with E-state index >= 15 is 0 Å². The van der Waals surface area contributed by atoms with Gasteiger partial charge in [-0.3, -0.25) is 0 Å². The second-order valence-corrected chi connectivity index (χ2v) is 4.88. The van der Waals surface area contributed by atoms with E-state index in [4.69, 9.17) is 14.2 Å². The molecule has 0 aromatic heterocycles. The molecule has 3 rings (SSSR count). The van der Waals surface area contributed by atoms with Gasteiger partial charge in [-0.2, -0.15) is 0 Å². The van der Waals surface area contributed by atoms with Crippen molar-refractivity contribution >= 4 is 5.69 Å². The lowest BCUT2D eigenvalue weighted by atomic mass is 10.1. The van der Waals surface area contributed by atoms with Crippen LogP contribution in [0.25, 0.3) is 0 Å². The lowest BCUT2D eigenvalue weighted by molar-refractivity contribution is 0.296. The normalized spacial score (nSPS) is 13.4. The highest BCUT2D eigenvalue weighted by Crippen LogP contribution is 2.33. The van der Waals surface area contributed by atoms with E-state index in [1.165, 1.54) is 0 Å². The first-order chi connectivity index (χ1) is 10.4. The molecule has 0 spiro atoms. The summed E-state index contributed by atoms with van der Waals surface area (Å²) >= 11 is 0. The van der Waals surface area contributed by atoms with Gasteiger partial charge in [-0.15, -0.1) is 0 Å². The third-order valence-corrected chi connectivity index (χ3v) is 3.41. The van der Waals surface area contributed by atoms with Crippen LogP contribution < -0.4 is 19.5 Å². The number of fused-ring (bicyclic) bond motifs is 1. The summed E-state index contributed by atoms with van der Waals surface area (Å²) in [5.74, 6) is 2.52. The van der Waals surface area contributed by atoms with Crippen LogP contribution in [0.1, 0.15) is 12.0 Å². The van der Waals surface area contributed by atoms with Crippen molar-refractivity contribution in [1.82, 2.24) is 0 Å². The van der Waals surface area contributed by atoms with E-state index in [9.17, 15) is 0 Å². The maximum absolute atomic E-state index is 5.82. The maximum Gasteiger partial charge on any atom is 0.166 e. The van der Waals surface area contributed by atoms with Crippen LogP contribution in [0.3, 0.4) is 0 Å². The molecule has 0 bridgehead atoms. The highest BCUT2D eigenvalue weighted by atomic mass is 16.5.